The van der Waals surface area contributed by atoms with E-state index in [2.05, 4.69) is 26.2 Å². The van der Waals surface area contributed by atoms with Gasteiger partial charge in [-0.2, -0.15) is 0 Å². The third-order valence-electron chi connectivity index (χ3n) is 2.31. The smallest absolute Gasteiger partial charge is 0.292 e. The third kappa shape index (κ3) is 2.18. The first-order valence-electron chi connectivity index (χ1n) is 4.63. The lowest BCUT2D eigenvalue weighted by Crippen LogP contribution is -2.40. The summed E-state index contributed by atoms with van der Waals surface area (Å²) in [5.74, 6) is 0. The molecule has 1 aromatic heterocycles. The van der Waals surface area contributed by atoms with Gasteiger partial charge in [-0.05, 0) is 28.1 Å². The van der Waals surface area contributed by atoms with E-state index in [1.54, 1.807) is 18.3 Å². The number of allylic oxidation sites excluding steroid dienone is 2. The number of nitro groups is 1. The molecule has 0 fully saturated rings. The number of alkyl halides is 1. The average Bonchev–Trinajstić information content (AvgIpc) is 2.33. The summed E-state index contributed by atoms with van der Waals surface area (Å²) in [6.07, 6.45) is 6.02. The molecule has 5 nitrogen and oxygen atoms in total. The molecule has 1 aromatic rings. The molecule has 0 radical (unpaired) electrons. The lowest BCUT2D eigenvalue weighted by molar-refractivity contribution is -0.433. The van der Waals surface area contributed by atoms with Crippen molar-refractivity contribution < 1.29 is 4.92 Å². The molecular formula is C10H7BrClN3O2. The SMILES string of the molecule is O=[N+]([O-])C1=CC(Br)=CNC1(Cl)c1ccncc1. The Bertz CT molecular complexity index is 518. The Morgan fingerprint density at radius 3 is 2.71 bits per heavy atom. The molecule has 1 N–H and O–H groups in total. The van der Waals surface area contributed by atoms with E-state index in [9.17, 15) is 10.1 Å². The highest BCUT2D eigenvalue weighted by Gasteiger charge is 2.43. The van der Waals surface area contributed by atoms with Gasteiger partial charge in [0.1, 0.15) is 0 Å². The number of dihydropyridines is 1. The zero-order valence-corrected chi connectivity index (χ0v) is 10.8. The van der Waals surface area contributed by atoms with Crippen LogP contribution in [0.4, 0.5) is 0 Å². The van der Waals surface area contributed by atoms with E-state index in [1.165, 1.54) is 18.5 Å². The van der Waals surface area contributed by atoms with E-state index >= 15 is 0 Å². The predicted octanol–water partition coefficient (Wildman–Crippen LogP) is 2.47. The summed E-state index contributed by atoms with van der Waals surface area (Å²) >= 11 is 9.48. The Kier molecular flexibility index (Phi) is 3.17. The molecule has 0 amide bonds. The fourth-order valence-corrected chi connectivity index (χ4v) is 2.14. The number of hydrogen-bond donors (Lipinski definition) is 1. The molecule has 17 heavy (non-hydrogen) atoms. The third-order valence-corrected chi connectivity index (χ3v) is 3.29. The van der Waals surface area contributed by atoms with E-state index in [0.717, 1.165) is 0 Å². The maximum atomic E-state index is 11.0. The lowest BCUT2D eigenvalue weighted by Gasteiger charge is -2.27. The Hall–Kier alpha value is -1.40. The van der Waals surface area contributed by atoms with Gasteiger partial charge in [0.25, 0.3) is 5.70 Å². The van der Waals surface area contributed by atoms with Gasteiger partial charge in [0.2, 0.25) is 5.00 Å². The molecule has 0 aliphatic carbocycles. The van der Waals surface area contributed by atoms with Crippen molar-refractivity contribution in [2.24, 2.45) is 0 Å². The minimum atomic E-state index is -1.37. The van der Waals surface area contributed by atoms with E-state index in [0.29, 0.717) is 10.0 Å². The normalized spacial score (nSPS) is 23.4. The van der Waals surface area contributed by atoms with Crippen molar-refractivity contribution in [3.05, 3.63) is 62.7 Å². The van der Waals surface area contributed by atoms with Crippen molar-refractivity contribution in [2.75, 3.05) is 0 Å². The fourth-order valence-electron chi connectivity index (χ4n) is 1.51. The number of halogens is 2. The summed E-state index contributed by atoms with van der Waals surface area (Å²) in [7, 11) is 0. The molecule has 0 aromatic carbocycles. The Labute approximate surface area is 110 Å². The van der Waals surface area contributed by atoms with Crippen molar-refractivity contribution >= 4 is 27.5 Å². The highest BCUT2D eigenvalue weighted by Crippen LogP contribution is 2.37. The van der Waals surface area contributed by atoms with Gasteiger partial charge in [-0.1, -0.05) is 11.6 Å². The predicted molar refractivity (Wildman–Crippen MR) is 67.0 cm³/mol. The number of aromatic nitrogens is 1. The number of hydrogen-bond acceptors (Lipinski definition) is 4. The molecule has 88 valence electrons. The molecule has 1 atom stereocenters. The molecular weight excluding hydrogens is 309 g/mol. The molecule has 1 unspecified atom stereocenters. The molecule has 7 heteroatoms. The molecule has 2 rings (SSSR count). The van der Waals surface area contributed by atoms with Gasteiger partial charge in [0, 0.05) is 34.7 Å². The summed E-state index contributed by atoms with van der Waals surface area (Å²) < 4.78 is 0.564. The van der Waals surface area contributed by atoms with E-state index < -0.39 is 9.92 Å². The van der Waals surface area contributed by atoms with Crippen LogP contribution in [0.1, 0.15) is 5.56 Å². The van der Waals surface area contributed by atoms with E-state index in [1.807, 2.05) is 0 Å². The van der Waals surface area contributed by atoms with Gasteiger partial charge in [0.05, 0.1) is 4.92 Å². The monoisotopic (exact) mass is 315 g/mol. The van der Waals surface area contributed by atoms with Crippen molar-refractivity contribution in [3.63, 3.8) is 0 Å². The molecule has 1 aliphatic rings. The standard InChI is InChI=1S/C10H7BrClN3O2/c11-8-5-9(15(16)17)10(12,14-6-8)7-1-3-13-4-2-7/h1-6,14H. The van der Waals surface area contributed by atoms with Gasteiger partial charge in [-0.25, -0.2) is 0 Å². The van der Waals surface area contributed by atoms with E-state index in [-0.39, 0.29) is 5.70 Å². The van der Waals surface area contributed by atoms with Crippen LogP contribution in [-0.4, -0.2) is 9.91 Å². The molecule has 0 spiro atoms. The minimum absolute atomic E-state index is 0.139. The van der Waals surface area contributed by atoms with Crippen molar-refractivity contribution in [1.82, 2.24) is 10.3 Å². The van der Waals surface area contributed by atoms with Gasteiger partial charge in [-0.15, -0.1) is 0 Å². The van der Waals surface area contributed by atoms with Crippen LogP contribution >= 0.6 is 27.5 Å². The maximum absolute atomic E-state index is 11.0. The van der Waals surface area contributed by atoms with Crippen molar-refractivity contribution in [1.29, 1.82) is 0 Å². The zero-order valence-electron chi connectivity index (χ0n) is 8.43. The number of rotatable bonds is 2. The highest BCUT2D eigenvalue weighted by molar-refractivity contribution is 9.11. The summed E-state index contributed by atoms with van der Waals surface area (Å²) in [6, 6.07) is 3.26. The second kappa shape index (κ2) is 4.46. The summed E-state index contributed by atoms with van der Waals surface area (Å²) in [5, 5.41) is 13.8. The van der Waals surface area contributed by atoms with Crippen LogP contribution in [-0.2, 0) is 5.00 Å². The van der Waals surface area contributed by atoms with Crippen molar-refractivity contribution in [2.45, 2.75) is 5.00 Å². The lowest BCUT2D eigenvalue weighted by atomic mass is 10.0. The molecule has 0 saturated heterocycles. The van der Waals surface area contributed by atoms with Gasteiger partial charge in [-0.3, -0.25) is 15.1 Å². The maximum Gasteiger partial charge on any atom is 0.292 e. The number of nitrogens with zero attached hydrogens (tertiary/aromatic N) is 2. The average molecular weight is 317 g/mol. The molecule has 0 bridgehead atoms. The van der Waals surface area contributed by atoms with Crippen LogP contribution in [0.2, 0.25) is 0 Å². The van der Waals surface area contributed by atoms with Crippen LogP contribution < -0.4 is 5.32 Å². The van der Waals surface area contributed by atoms with Crippen LogP contribution in [0.5, 0.6) is 0 Å². The zero-order chi connectivity index (χ0) is 12.5. The van der Waals surface area contributed by atoms with Crippen LogP contribution in [0.25, 0.3) is 0 Å². The summed E-state index contributed by atoms with van der Waals surface area (Å²) in [4.78, 5) is 13.0. The molecule has 0 saturated carbocycles. The molecule has 1 aliphatic heterocycles. The Balaban J connectivity index is 2.52. The Morgan fingerprint density at radius 1 is 1.47 bits per heavy atom. The van der Waals surface area contributed by atoms with Crippen LogP contribution in [0.15, 0.2) is 47.0 Å². The Morgan fingerprint density at radius 2 is 2.12 bits per heavy atom. The first kappa shape index (κ1) is 12.1. The quantitative estimate of drug-likeness (QED) is 0.394. The molecule has 2 heterocycles. The topological polar surface area (TPSA) is 68.1 Å². The van der Waals surface area contributed by atoms with Gasteiger partial charge < -0.3 is 5.32 Å². The minimum Gasteiger partial charge on any atom is -0.359 e. The second-order valence-electron chi connectivity index (χ2n) is 3.35. The van der Waals surface area contributed by atoms with Crippen molar-refractivity contribution in [3.8, 4) is 0 Å². The summed E-state index contributed by atoms with van der Waals surface area (Å²) in [6.45, 7) is 0. The van der Waals surface area contributed by atoms with Crippen LogP contribution in [0.3, 0.4) is 0 Å². The second-order valence-corrected chi connectivity index (χ2v) is 4.84. The number of nitrogens with one attached hydrogen (secondary N) is 1. The van der Waals surface area contributed by atoms with Crippen LogP contribution in [0, 0.1) is 10.1 Å². The van der Waals surface area contributed by atoms with Gasteiger partial charge in [0.15, 0.2) is 0 Å². The largest absolute Gasteiger partial charge is 0.359 e. The highest BCUT2D eigenvalue weighted by atomic mass is 79.9. The fraction of sp³-hybridized carbons (Fsp3) is 0.100. The first-order chi connectivity index (χ1) is 8.04. The summed E-state index contributed by atoms with van der Waals surface area (Å²) in [5.41, 5.74) is 0.424. The first-order valence-corrected chi connectivity index (χ1v) is 5.80. The van der Waals surface area contributed by atoms with E-state index in [4.69, 9.17) is 11.6 Å². The van der Waals surface area contributed by atoms with Gasteiger partial charge >= 0.3 is 0 Å². The number of pyridine rings is 1.